The van der Waals surface area contributed by atoms with Gasteiger partial charge in [0.2, 0.25) is 0 Å². The average Bonchev–Trinajstić information content (AvgIpc) is 2.74. The second-order valence-corrected chi connectivity index (χ2v) is 7.27. The van der Waals surface area contributed by atoms with E-state index in [1.165, 1.54) is 20.3 Å². The van der Waals surface area contributed by atoms with E-state index < -0.39 is 40.2 Å². The lowest BCUT2D eigenvalue weighted by Crippen LogP contribution is -1.97. The predicted octanol–water partition coefficient (Wildman–Crippen LogP) is 3.92. The molecule has 0 atom stereocenters. The molecule has 0 bridgehead atoms. The van der Waals surface area contributed by atoms with Gasteiger partial charge in [-0.15, -0.1) is 0 Å². The summed E-state index contributed by atoms with van der Waals surface area (Å²) in [5.74, 6) is -3.52. The van der Waals surface area contributed by atoms with Gasteiger partial charge in [0.15, 0.2) is 23.0 Å². The van der Waals surface area contributed by atoms with Gasteiger partial charge in [-0.25, -0.2) is 0 Å². The monoisotopic (exact) mass is 440 g/mol. The van der Waals surface area contributed by atoms with Crippen molar-refractivity contribution in [2.45, 2.75) is 6.92 Å². The zero-order valence-electron chi connectivity index (χ0n) is 17.3. The van der Waals surface area contributed by atoms with Crippen LogP contribution in [0.4, 0.5) is 0 Å². The Labute approximate surface area is 181 Å². The van der Waals surface area contributed by atoms with Gasteiger partial charge < -0.3 is 45.2 Å². The van der Waals surface area contributed by atoms with E-state index in [-0.39, 0.29) is 44.2 Å². The third-order valence-electron chi connectivity index (χ3n) is 5.47. The van der Waals surface area contributed by atoms with Gasteiger partial charge in [-0.05, 0) is 18.6 Å². The van der Waals surface area contributed by atoms with Crippen LogP contribution in [-0.4, -0.2) is 50.0 Å². The third kappa shape index (κ3) is 2.71. The SMILES string of the molecule is COc1cc(C)c2c(O)c(O)cc(O)c2c1-c1c(OC)cc(O)c2c(O)c(O)cc(O)c12. The summed E-state index contributed by atoms with van der Waals surface area (Å²) in [7, 11) is 2.69. The first kappa shape index (κ1) is 20.9. The second kappa shape index (κ2) is 7.09. The molecule has 0 aliphatic carbocycles. The van der Waals surface area contributed by atoms with Crippen molar-refractivity contribution >= 4 is 21.5 Å². The van der Waals surface area contributed by atoms with E-state index in [1.807, 2.05) is 0 Å². The maximum absolute atomic E-state index is 10.8. The number of rotatable bonds is 3. The Hall–Kier alpha value is -4.40. The molecule has 9 nitrogen and oxygen atoms in total. The van der Waals surface area contributed by atoms with Gasteiger partial charge in [-0.2, -0.15) is 0 Å². The van der Waals surface area contributed by atoms with Crippen molar-refractivity contribution in [3.05, 3.63) is 29.8 Å². The molecule has 0 aliphatic rings. The van der Waals surface area contributed by atoms with Gasteiger partial charge in [0.05, 0.1) is 19.6 Å². The molecule has 0 aliphatic heterocycles. The number of methoxy groups -OCH3 is 2. The van der Waals surface area contributed by atoms with Gasteiger partial charge >= 0.3 is 0 Å². The molecule has 0 heterocycles. The molecule has 0 fully saturated rings. The first-order chi connectivity index (χ1) is 15.1. The van der Waals surface area contributed by atoms with E-state index in [9.17, 15) is 35.7 Å². The minimum Gasteiger partial charge on any atom is -0.507 e. The van der Waals surface area contributed by atoms with Crippen LogP contribution in [-0.2, 0) is 0 Å². The fourth-order valence-electron chi connectivity index (χ4n) is 4.10. The summed E-state index contributed by atoms with van der Waals surface area (Å²) < 4.78 is 10.9. The molecule has 0 saturated heterocycles. The number of benzene rings is 4. The second-order valence-electron chi connectivity index (χ2n) is 7.27. The normalized spacial score (nSPS) is 11.2. The molecule has 0 aromatic heterocycles. The summed E-state index contributed by atoms with van der Waals surface area (Å²) in [5.41, 5.74) is 0.703. The standard InChI is InChI=1S/C23H20O9/c1-8-4-14(31-2)20(17-9(24)5-12(27)22(29)16(8)17)21-15(32-3)7-11(26)19-18(21)10(25)6-13(28)23(19)30/h4-7,24-30H,1-3H3. The summed E-state index contributed by atoms with van der Waals surface area (Å²) in [6.45, 7) is 1.64. The highest BCUT2D eigenvalue weighted by Gasteiger charge is 2.28. The van der Waals surface area contributed by atoms with E-state index >= 15 is 0 Å². The van der Waals surface area contributed by atoms with Crippen LogP contribution >= 0.6 is 0 Å². The highest BCUT2D eigenvalue weighted by Crippen LogP contribution is 2.56. The van der Waals surface area contributed by atoms with E-state index in [1.54, 1.807) is 13.0 Å². The van der Waals surface area contributed by atoms with Gasteiger partial charge in [0, 0.05) is 45.5 Å². The van der Waals surface area contributed by atoms with Gasteiger partial charge in [0.25, 0.3) is 0 Å². The van der Waals surface area contributed by atoms with Crippen molar-refractivity contribution in [2.24, 2.45) is 0 Å². The highest BCUT2D eigenvalue weighted by molar-refractivity contribution is 6.17. The first-order valence-electron chi connectivity index (χ1n) is 9.35. The Morgan fingerprint density at radius 2 is 0.906 bits per heavy atom. The summed E-state index contributed by atoms with van der Waals surface area (Å²) in [5, 5.41) is 72.6. The van der Waals surface area contributed by atoms with E-state index in [0.29, 0.717) is 5.56 Å². The largest absolute Gasteiger partial charge is 0.507 e. The van der Waals surface area contributed by atoms with Crippen LogP contribution in [0.3, 0.4) is 0 Å². The number of phenolic OH excluding ortho intramolecular Hbond substituents is 7. The first-order valence-corrected chi connectivity index (χ1v) is 9.35. The minimum atomic E-state index is -0.681. The Morgan fingerprint density at radius 3 is 1.41 bits per heavy atom. The van der Waals surface area contributed by atoms with Crippen LogP contribution in [0.5, 0.6) is 51.7 Å². The van der Waals surface area contributed by atoms with Crippen molar-refractivity contribution < 1.29 is 45.2 Å². The quantitative estimate of drug-likeness (QED) is 0.185. The highest BCUT2D eigenvalue weighted by atomic mass is 16.5. The lowest BCUT2D eigenvalue weighted by Gasteiger charge is -2.21. The van der Waals surface area contributed by atoms with Gasteiger partial charge in [0.1, 0.15) is 28.7 Å². The van der Waals surface area contributed by atoms with Crippen LogP contribution in [0.25, 0.3) is 32.7 Å². The van der Waals surface area contributed by atoms with Crippen LogP contribution < -0.4 is 9.47 Å². The van der Waals surface area contributed by atoms with Gasteiger partial charge in [-0.3, -0.25) is 0 Å². The fourth-order valence-corrected chi connectivity index (χ4v) is 4.10. The number of ether oxygens (including phenoxy) is 2. The molecule has 0 unspecified atom stereocenters. The lowest BCUT2D eigenvalue weighted by molar-refractivity contribution is 0.395. The van der Waals surface area contributed by atoms with Crippen molar-refractivity contribution in [3.63, 3.8) is 0 Å². The topological polar surface area (TPSA) is 160 Å². The summed E-state index contributed by atoms with van der Waals surface area (Å²) in [6, 6.07) is 4.56. The van der Waals surface area contributed by atoms with Crippen LogP contribution in [0.15, 0.2) is 24.3 Å². The molecule has 0 amide bonds. The van der Waals surface area contributed by atoms with Crippen molar-refractivity contribution in [3.8, 4) is 62.9 Å². The lowest BCUT2D eigenvalue weighted by atomic mass is 9.88. The van der Waals surface area contributed by atoms with E-state index in [4.69, 9.17) is 9.47 Å². The van der Waals surface area contributed by atoms with Crippen LogP contribution in [0.2, 0.25) is 0 Å². The number of aryl methyl sites for hydroxylation is 1. The van der Waals surface area contributed by atoms with Crippen molar-refractivity contribution in [1.82, 2.24) is 0 Å². The van der Waals surface area contributed by atoms with E-state index in [2.05, 4.69) is 0 Å². The number of fused-ring (bicyclic) bond motifs is 2. The fraction of sp³-hybridized carbons (Fsp3) is 0.130. The Kier molecular flexibility index (Phi) is 4.62. The van der Waals surface area contributed by atoms with Gasteiger partial charge in [-0.1, -0.05) is 0 Å². The predicted molar refractivity (Wildman–Crippen MR) is 116 cm³/mol. The molecule has 0 saturated carbocycles. The Bertz CT molecular complexity index is 1310. The Morgan fingerprint density at radius 1 is 0.500 bits per heavy atom. The molecular formula is C23H20O9. The molecule has 9 heteroatoms. The molecular weight excluding hydrogens is 420 g/mol. The Balaban J connectivity index is 2.38. The molecule has 4 aromatic carbocycles. The molecule has 4 aromatic rings. The zero-order valence-corrected chi connectivity index (χ0v) is 17.3. The maximum Gasteiger partial charge on any atom is 0.169 e. The molecule has 0 spiro atoms. The smallest absolute Gasteiger partial charge is 0.169 e. The summed E-state index contributed by atoms with van der Waals surface area (Å²) in [4.78, 5) is 0. The number of hydrogen-bond acceptors (Lipinski definition) is 9. The van der Waals surface area contributed by atoms with Crippen LogP contribution in [0, 0.1) is 6.92 Å². The molecule has 166 valence electrons. The van der Waals surface area contributed by atoms with Crippen molar-refractivity contribution in [2.75, 3.05) is 14.2 Å². The molecule has 0 radical (unpaired) electrons. The average molecular weight is 440 g/mol. The zero-order chi connectivity index (χ0) is 23.5. The molecule has 32 heavy (non-hydrogen) atoms. The maximum atomic E-state index is 10.8. The number of hydrogen-bond donors (Lipinski definition) is 7. The van der Waals surface area contributed by atoms with Crippen LogP contribution in [0.1, 0.15) is 5.56 Å². The number of aromatic hydroxyl groups is 7. The van der Waals surface area contributed by atoms with E-state index in [0.717, 1.165) is 12.1 Å². The number of phenols is 7. The third-order valence-corrected chi connectivity index (χ3v) is 5.47. The minimum absolute atomic E-state index is 0.0332. The van der Waals surface area contributed by atoms with Crippen molar-refractivity contribution in [1.29, 1.82) is 0 Å². The molecule has 7 N–H and O–H groups in total. The molecule has 4 rings (SSSR count). The summed E-state index contributed by atoms with van der Waals surface area (Å²) >= 11 is 0. The summed E-state index contributed by atoms with van der Waals surface area (Å²) in [6.07, 6.45) is 0.